The highest BCUT2D eigenvalue weighted by Crippen LogP contribution is 2.23. The molecule has 17 heavy (non-hydrogen) atoms. The van der Waals surface area contributed by atoms with Crippen molar-refractivity contribution in [2.45, 2.75) is 12.6 Å². The Morgan fingerprint density at radius 3 is 2.53 bits per heavy atom. The van der Waals surface area contributed by atoms with Gasteiger partial charge < -0.3 is 14.9 Å². The zero-order valence-electron chi connectivity index (χ0n) is 10.9. The third kappa shape index (κ3) is 4.27. The summed E-state index contributed by atoms with van der Waals surface area (Å²) in [7, 11) is 7.83. The average molecular weight is 261 g/mol. The van der Waals surface area contributed by atoms with Gasteiger partial charge in [-0.25, -0.2) is 0 Å². The summed E-state index contributed by atoms with van der Waals surface area (Å²) in [6.45, 7) is 2.12. The molecule has 1 aromatic heterocycles. The van der Waals surface area contributed by atoms with Crippen LogP contribution < -0.4 is 0 Å². The maximum atomic E-state index is 10.1. The first-order valence-corrected chi connectivity index (χ1v) is 5.98. The number of aliphatic hydroxyl groups is 1. The van der Waals surface area contributed by atoms with Gasteiger partial charge in [0.1, 0.15) is 6.10 Å². The van der Waals surface area contributed by atoms with E-state index < -0.39 is 6.10 Å². The first kappa shape index (κ1) is 14.4. The lowest BCUT2D eigenvalue weighted by Crippen LogP contribution is -2.25. The minimum atomic E-state index is -0.609. The Labute approximate surface area is 108 Å². The smallest absolute Gasteiger partial charge is 0.110 e. The molecule has 1 rings (SSSR count). The monoisotopic (exact) mass is 260 g/mol. The van der Waals surface area contributed by atoms with Crippen LogP contribution in [0.5, 0.6) is 0 Å². The topological polar surface area (TPSA) is 44.5 Å². The summed E-state index contributed by atoms with van der Waals surface area (Å²) in [4.78, 5) is 3.99. The van der Waals surface area contributed by atoms with Gasteiger partial charge in [-0.2, -0.15) is 5.10 Å². The molecule has 1 N–H and O–H groups in total. The van der Waals surface area contributed by atoms with Crippen LogP contribution in [0.25, 0.3) is 0 Å². The van der Waals surface area contributed by atoms with Gasteiger partial charge in [-0.15, -0.1) is 0 Å². The van der Waals surface area contributed by atoms with Gasteiger partial charge in [0.05, 0.1) is 23.5 Å². The lowest BCUT2D eigenvalue weighted by atomic mass is 10.2. The highest BCUT2D eigenvalue weighted by Gasteiger charge is 2.18. The second-order valence-corrected chi connectivity index (χ2v) is 5.09. The zero-order chi connectivity index (χ0) is 13.0. The average Bonchev–Trinajstić information content (AvgIpc) is 2.55. The number of hydrogen-bond donors (Lipinski definition) is 1. The Kier molecular flexibility index (Phi) is 5.39. The molecule has 1 atom stereocenters. The quantitative estimate of drug-likeness (QED) is 0.818. The minimum absolute atomic E-state index is 0.526. The highest BCUT2D eigenvalue weighted by atomic mass is 35.5. The van der Waals surface area contributed by atoms with Crippen LogP contribution in [0.1, 0.15) is 11.8 Å². The molecule has 0 aromatic carbocycles. The molecule has 0 radical (unpaired) electrons. The molecular formula is C11H21ClN4O. The standard InChI is InChI=1S/C11H21ClN4O/c1-14(2)5-6-16-11(9(12)7-13-16)10(17)8-15(3)4/h7,10,17H,5-6,8H2,1-4H3. The Morgan fingerprint density at radius 1 is 1.35 bits per heavy atom. The van der Waals surface area contributed by atoms with Crippen molar-refractivity contribution in [3.8, 4) is 0 Å². The number of aliphatic hydroxyl groups excluding tert-OH is 1. The maximum absolute atomic E-state index is 10.1. The van der Waals surface area contributed by atoms with E-state index in [1.165, 1.54) is 0 Å². The van der Waals surface area contributed by atoms with Gasteiger partial charge in [0.2, 0.25) is 0 Å². The molecule has 6 heteroatoms. The highest BCUT2D eigenvalue weighted by molar-refractivity contribution is 6.31. The number of aromatic nitrogens is 2. The van der Waals surface area contributed by atoms with Crippen LogP contribution in [-0.2, 0) is 6.54 Å². The number of rotatable bonds is 6. The fourth-order valence-electron chi connectivity index (χ4n) is 1.61. The zero-order valence-corrected chi connectivity index (χ0v) is 11.6. The van der Waals surface area contributed by atoms with E-state index in [9.17, 15) is 5.11 Å². The second-order valence-electron chi connectivity index (χ2n) is 4.68. The van der Waals surface area contributed by atoms with Crippen molar-refractivity contribution in [1.29, 1.82) is 0 Å². The van der Waals surface area contributed by atoms with E-state index in [2.05, 4.69) is 10.00 Å². The predicted octanol–water partition coefficient (Wildman–Crippen LogP) is 0.693. The Morgan fingerprint density at radius 2 is 2.00 bits per heavy atom. The molecule has 0 aliphatic carbocycles. The van der Waals surface area contributed by atoms with Gasteiger partial charge in [-0.3, -0.25) is 4.68 Å². The molecule has 0 saturated heterocycles. The fraction of sp³-hybridized carbons (Fsp3) is 0.727. The van der Waals surface area contributed by atoms with Crippen molar-refractivity contribution >= 4 is 11.6 Å². The van der Waals surface area contributed by atoms with Crippen LogP contribution in [0.4, 0.5) is 0 Å². The summed E-state index contributed by atoms with van der Waals surface area (Å²) in [6.07, 6.45) is 0.980. The van der Waals surface area contributed by atoms with E-state index in [0.717, 1.165) is 13.1 Å². The van der Waals surface area contributed by atoms with Crippen molar-refractivity contribution in [1.82, 2.24) is 19.6 Å². The van der Waals surface area contributed by atoms with Gasteiger partial charge in [0, 0.05) is 13.1 Å². The molecular weight excluding hydrogens is 240 g/mol. The van der Waals surface area contributed by atoms with E-state index >= 15 is 0 Å². The normalized spacial score (nSPS) is 13.6. The van der Waals surface area contributed by atoms with E-state index in [-0.39, 0.29) is 0 Å². The van der Waals surface area contributed by atoms with Crippen LogP contribution in [0, 0.1) is 0 Å². The van der Waals surface area contributed by atoms with Crippen molar-refractivity contribution in [3.05, 3.63) is 16.9 Å². The SMILES string of the molecule is CN(C)CCn1ncc(Cl)c1C(O)CN(C)C. The van der Waals surface area contributed by atoms with E-state index in [1.54, 1.807) is 10.9 Å². The largest absolute Gasteiger partial charge is 0.385 e. The van der Waals surface area contributed by atoms with Gasteiger partial charge in [-0.1, -0.05) is 11.6 Å². The molecule has 1 aromatic rings. The molecule has 0 amide bonds. The van der Waals surface area contributed by atoms with Gasteiger partial charge in [-0.05, 0) is 28.2 Å². The van der Waals surface area contributed by atoms with Gasteiger partial charge in [0.25, 0.3) is 0 Å². The fourth-order valence-corrected chi connectivity index (χ4v) is 1.88. The number of likely N-dealkylation sites (N-methyl/N-ethyl adjacent to an activating group) is 2. The molecule has 5 nitrogen and oxygen atoms in total. The van der Waals surface area contributed by atoms with Crippen LogP contribution in [0.3, 0.4) is 0 Å². The lowest BCUT2D eigenvalue weighted by molar-refractivity contribution is 0.128. The third-order valence-electron chi connectivity index (χ3n) is 2.45. The molecule has 0 aliphatic rings. The lowest BCUT2D eigenvalue weighted by Gasteiger charge is -2.18. The minimum Gasteiger partial charge on any atom is -0.385 e. The van der Waals surface area contributed by atoms with E-state index in [4.69, 9.17) is 11.6 Å². The Hall–Kier alpha value is -0.620. The molecule has 0 spiro atoms. The molecule has 1 heterocycles. The van der Waals surface area contributed by atoms with Crippen LogP contribution in [0.15, 0.2) is 6.20 Å². The van der Waals surface area contributed by atoms with Crippen LogP contribution in [-0.4, -0.2) is 66.0 Å². The molecule has 98 valence electrons. The third-order valence-corrected chi connectivity index (χ3v) is 2.74. The summed E-state index contributed by atoms with van der Waals surface area (Å²) in [5, 5.41) is 14.8. The number of nitrogens with zero attached hydrogens (tertiary/aromatic N) is 4. The van der Waals surface area contributed by atoms with E-state index in [0.29, 0.717) is 17.3 Å². The van der Waals surface area contributed by atoms with Crippen molar-refractivity contribution < 1.29 is 5.11 Å². The Balaban J connectivity index is 2.78. The first-order chi connectivity index (χ1) is 7.91. The molecule has 0 aliphatic heterocycles. The summed E-state index contributed by atoms with van der Waals surface area (Å²) in [6, 6.07) is 0. The molecule has 0 saturated carbocycles. The maximum Gasteiger partial charge on any atom is 0.110 e. The second kappa shape index (κ2) is 6.35. The van der Waals surface area contributed by atoms with Crippen molar-refractivity contribution in [2.24, 2.45) is 0 Å². The Bertz CT molecular complexity index is 351. The molecule has 0 fully saturated rings. The number of hydrogen-bond acceptors (Lipinski definition) is 4. The van der Waals surface area contributed by atoms with Crippen molar-refractivity contribution in [2.75, 3.05) is 41.3 Å². The van der Waals surface area contributed by atoms with Gasteiger partial charge in [0.15, 0.2) is 0 Å². The summed E-state index contributed by atoms with van der Waals surface area (Å²) < 4.78 is 1.77. The number of halogens is 1. The van der Waals surface area contributed by atoms with Crippen LogP contribution in [0.2, 0.25) is 5.02 Å². The summed E-state index contributed by atoms with van der Waals surface area (Å²) in [5.41, 5.74) is 0.696. The van der Waals surface area contributed by atoms with Gasteiger partial charge >= 0.3 is 0 Å². The predicted molar refractivity (Wildman–Crippen MR) is 69.3 cm³/mol. The summed E-state index contributed by atoms with van der Waals surface area (Å²) >= 11 is 6.06. The molecule has 1 unspecified atom stereocenters. The first-order valence-electron chi connectivity index (χ1n) is 5.60. The van der Waals surface area contributed by atoms with Crippen LogP contribution >= 0.6 is 11.6 Å². The van der Waals surface area contributed by atoms with E-state index in [1.807, 2.05) is 33.1 Å². The molecule has 0 bridgehead atoms. The summed E-state index contributed by atoms with van der Waals surface area (Å²) in [5.74, 6) is 0. The van der Waals surface area contributed by atoms with Crippen molar-refractivity contribution in [3.63, 3.8) is 0 Å².